The number of thioether (sulfide) groups is 1. The third-order valence-corrected chi connectivity index (χ3v) is 5.36. The maximum atomic E-state index is 12.8. The second kappa shape index (κ2) is 6.16. The summed E-state index contributed by atoms with van der Waals surface area (Å²) in [5.74, 6) is 1.88. The molecule has 3 unspecified atom stereocenters. The van der Waals surface area contributed by atoms with Gasteiger partial charge in [-0.15, -0.1) is 11.8 Å². The van der Waals surface area contributed by atoms with Gasteiger partial charge >= 0.3 is 0 Å². The Kier molecular flexibility index (Phi) is 4.88. The highest BCUT2D eigenvalue weighted by Crippen LogP contribution is 2.31. The number of likely N-dealkylation sites (tertiary alicyclic amines) is 1. The molecule has 0 aliphatic carbocycles. The van der Waals surface area contributed by atoms with Crippen molar-refractivity contribution in [2.45, 2.75) is 46.2 Å². The maximum Gasteiger partial charge on any atom is 0.246 e. The van der Waals surface area contributed by atoms with E-state index in [1.807, 2.05) is 25.7 Å². The van der Waals surface area contributed by atoms with Crippen LogP contribution in [0.15, 0.2) is 0 Å². The molecule has 2 heterocycles. The van der Waals surface area contributed by atoms with Crippen molar-refractivity contribution in [1.82, 2.24) is 9.80 Å². The quantitative estimate of drug-likeness (QED) is 0.830. The largest absolute Gasteiger partial charge is 0.338 e. The molecule has 0 aromatic rings. The molecular formula is C15H27N3O2S. The molecule has 2 saturated heterocycles. The normalized spacial score (nSPS) is 30.0. The Bertz CT molecular complexity index is 422. The molecular weight excluding hydrogens is 286 g/mol. The second-order valence-electron chi connectivity index (χ2n) is 7.22. The van der Waals surface area contributed by atoms with Crippen LogP contribution in [0.4, 0.5) is 0 Å². The minimum Gasteiger partial charge on any atom is -0.338 e. The molecule has 3 atom stereocenters. The molecule has 2 aliphatic heterocycles. The Labute approximate surface area is 131 Å². The SMILES string of the molecule is CC1CC(CN)CN1C(=O)C1CSCN1C(=O)C(C)(C)C. The van der Waals surface area contributed by atoms with E-state index in [-0.39, 0.29) is 23.9 Å². The molecule has 2 amide bonds. The molecule has 2 rings (SSSR count). The highest BCUT2D eigenvalue weighted by atomic mass is 32.2. The number of nitrogens with zero attached hydrogens (tertiary/aromatic N) is 2. The lowest BCUT2D eigenvalue weighted by Crippen LogP contribution is -2.52. The van der Waals surface area contributed by atoms with Gasteiger partial charge in [-0.25, -0.2) is 0 Å². The lowest BCUT2D eigenvalue weighted by Gasteiger charge is -2.33. The fourth-order valence-electron chi connectivity index (χ4n) is 3.09. The Balaban J connectivity index is 2.10. The lowest BCUT2D eigenvalue weighted by molar-refractivity contribution is -0.148. The number of hydrogen-bond donors (Lipinski definition) is 1. The van der Waals surface area contributed by atoms with E-state index in [0.29, 0.717) is 24.1 Å². The molecule has 6 heteroatoms. The summed E-state index contributed by atoms with van der Waals surface area (Å²) in [4.78, 5) is 29.0. The molecule has 0 radical (unpaired) electrons. The van der Waals surface area contributed by atoms with Gasteiger partial charge in [-0.05, 0) is 25.8 Å². The van der Waals surface area contributed by atoms with E-state index in [4.69, 9.17) is 5.73 Å². The van der Waals surface area contributed by atoms with Crippen LogP contribution in [0.3, 0.4) is 0 Å². The smallest absolute Gasteiger partial charge is 0.246 e. The zero-order valence-electron chi connectivity index (χ0n) is 13.5. The van der Waals surface area contributed by atoms with Gasteiger partial charge in [0.15, 0.2) is 0 Å². The number of amides is 2. The second-order valence-corrected chi connectivity index (χ2v) is 8.22. The first kappa shape index (κ1) is 16.6. The molecule has 2 N–H and O–H groups in total. The van der Waals surface area contributed by atoms with Crippen molar-refractivity contribution < 1.29 is 9.59 Å². The van der Waals surface area contributed by atoms with Crippen LogP contribution >= 0.6 is 11.8 Å². The number of rotatable bonds is 2. The first-order chi connectivity index (χ1) is 9.75. The van der Waals surface area contributed by atoms with Gasteiger partial charge in [0.1, 0.15) is 6.04 Å². The van der Waals surface area contributed by atoms with Crippen LogP contribution in [-0.2, 0) is 9.59 Å². The summed E-state index contributed by atoms with van der Waals surface area (Å²) in [5, 5.41) is 0. The van der Waals surface area contributed by atoms with Crippen LogP contribution < -0.4 is 5.73 Å². The number of nitrogens with two attached hydrogens (primary N) is 1. The average Bonchev–Trinajstić information content (AvgIpc) is 3.02. The fourth-order valence-corrected chi connectivity index (χ4v) is 4.23. The van der Waals surface area contributed by atoms with Gasteiger partial charge in [-0.2, -0.15) is 0 Å². The van der Waals surface area contributed by atoms with Crippen LogP contribution in [0, 0.1) is 11.3 Å². The molecule has 0 bridgehead atoms. The van der Waals surface area contributed by atoms with Gasteiger partial charge < -0.3 is 15.5 Å². The zero-order valence-corrected chi connectivity index (χ0v) is 14.3. The van der Waals surface area contributed by atoms with Crippen LogP contribution in [0.2, 0.25) is 0 Å². The summed E-state index contributed by atoms with van der Waals surface area (Å²) in [6.07, 6.45) is 0.968. The Morgan fingerprint density at radius 3 is 2.48 bits per heavy atom. The first-order valence-electron chi connectivity index (χ1n) is 7.65. The maximum absolute atomic E-state index is 12.8. The highest BCUT2D eigenvalue weighted by molar-refractivity contribution is 7.99. The van der Waals surface area contributed by atoms with E-state index in [2.05, 4.69) is 6.92 Å². The summed E-state index contributed by atoms with van der Waals surface area (Å²) in [5.41, 5.74) is 5.29. The third-order valence-electron chi connectivity index (χ3n) is 4.35. The van der Waals surface area contributed by atoms with Crippen LogP contribution in [0.1, 0.15) is 34.1 Å². The van der Waals surface area contributed by atoms with E-state index in [0.717, 1.165) is 13.0 Å². The van der Waals surface area contributed by atoms with Gasteiger partial charge in [0.25, 0.3) is 0 Å². The van der Waals surface area contributed by atoms with Gasteiger partial charge in [0.05, 0.1) is 5.88 Å². The Hall–Kier alpha value is -0.750. The van der Waals surface area contributed by atoms with E-state index in [1.165, 1.54) is 0 Å². The van der Waals surface area contributed by atoms with Crippen molar-refractivity contribution in [1.29, 1.82) is 0 Å². The van der Waals surface area contributed by atoms with Crippen molar-refractivity contribution in [2.24, 2.45) is 17.1 Å². The van der Waals surface area contributed by atoms with E-state index >= 15 is 0 Å². The van der Waals surface area contributed by atoms with Crippen LogP contribution in [0.5, 0.6) is 0 Å². The van der Waals surface area contributed by atoms with Crippen molar-refractivity contribution in [3.05, 3.63) is 0 Å². The van der Waals surface area contributed by atoms with Gasteiger partial charge in [0, 0.05) is 23.8 Å². The average molecular weight is 313 g/mol. The molecule has 2 aliphatic rings. The predicted octanol–water partition coefficient (Wildman–Crippen LogP) is 1.13. The van der Waals surface area contributed by atoms with E-state index in [1.54, 1.807) is 16.7 Å². The lowest BCUT2D eigenvalue weighted by atomic mass is 9.94. The molecule has 0 spiro atoms. The fraction of sp³-hybridized carbons (Fsp3) is 0.867. The standard InChI is InChI=1S/C15H27N3O2S/c1-10-5-11(6-16)7-17(10)13(19)12-8-21-9-18(12)14(20)15(2,3)4/h10-12H,5-9,16H2,1-4H3. The van der Waals surface area contributed by atoms with Gasteiger partial charge in [0.2, 0.25) is 11.8 Å². The summed E-state index contributed by atoms with van der Waals surface area (Å²) < 4.78 is 0. The minimum absolute atomic E-state index is 0.0630. The van der Waals surface area contributed by atoms with Gasteiger partial charge in [-0.3, -0.25) is 9.59 Å². The van der Waals surface area contributed by atoms with Crippen LogP contribution in [0.25, 0.3) is 0 Å². The summed E-state index contributed by atoms with van der Waals surface area (Å²) in [6, 6.07) is -0.0797. The molecule has 21 heavy (non-hydrogen) atoms. The monoisotopic (exact) mass is 313 g/mol. The number of carbonyl (C=O) groups is 2. The molecule has 5 nitrogen and oxygen atoms in total. The zero-order chi connectivity index (χ0) is 15.8. The Morgan fingerprint density at radius 2 is 1.95 bits per heavy atom. The molecule has 0 aromatic carbocycles. The molecule has 2 fully saturated rings. The summed E-state index contributed by atoms with van der Waals surface area (Å²) in [6.45, 7) is 9.15. The van der Waals surface area contributed by atoms with Crippen molar-refractivity contribution in [2.75, 3.05) is 24.7 Å². The Morgan fingerprint density at radius 1 is 1.29 bits per heavy atom. The molecule has 0 saturated carbocycles. The highest BCUT2D eigenvalue weighted by Gasteiger charge is 2.43. The number of carbonyl (C=O) groups excluding carboxylic acids is 2. The van der Waals surface area contributed by atoms with Crippen molar-refractivity contribution >= 4 is 23.6 Å². The van der Waals surface area contributed by atoms with E-state index < -0.39 is 5.41 Å². The van der Waals surface area contributed by atoms with Gasteiger partial charge in [-0.1, -0.05) is 20.8 Å². The number of hydrogen-bond acceptors (Lipinski definition) is 4. The first-order valence-corrected chi connectivity index (χ1v) is 8.80. The predicted molar refractivity (Wildman–Crippen MR) is 85.8 cm³/mol. The van der Waals surface area contributed by atoms with Crippen molar-refractivity contribution in [3.8, 4) is 0 Å². The third kappa shape index (κ3) is 3.37. The topological polar surface area (TPSA) is 66.6 Å². The van der Waals surface area contributed by atoms with Crippen LogP contribution in [-0.4, -0.2) is 58.4 Å². The molecule has 0 aromatic heterocycles. The summed E-state index contributed by atoms with van der Waals surface area (Å²) in [7, 11) is 0. The summed E-state index contributed by atoms with van der Waals surface area (Å²) >= 11 is 1.66. The van der Waals surface area contributed by atoms with Crippen molar-refractivity contribution in [3.63, 3.8) is 0 Å². The van der Waals surface area contributed by atoms with E-state index in [9.17, 15) is 9.59 Å². The minimum atomic E-state index is -0.445. The molecule has 120 valence electrons.